The molecule has 0 fully saturated rings. The van der Waals surface area contributed by atoms with Gasteiger partial charge < -0.3 is 14.2 Å². The van der Waals surface area contributed by atoms with E-state index in [0.29, 0.717) is 65.3 Å². The lowest BCUT2D eigenvalue weighted by molar-refractivity contribution is 0.0134. The Labute approximate surface area is 263 Å². The highest BCUT2D eigenvalue weighted by Crippen LogP contribution is 2.31. The maximum Gasteiger partial charge on any atom is 0.164 e. The van der Waals surface area contributed by atoms with Crippen LogP contribution in [-0.2, 0) is 14.2 Å². The van der Waals surface area contributed by atoms with Crippen molar-refractivity contribution < 1.29 is 23.8 Å². The van der Waals surface area contributed by atoms with E-state index in [-0.39, 0.29) is 11.6 Å². The molecule has 0 bridgehead atoms. The molecule has 0 unspecified atom stereocenters. The smallest absolute Gasteiger partial charge is 0.164 e. The Bertz CT molecular complexity index is 1690. The van der Waals surface area contributed by atoms with Gasteiger partial charge in [0.15, 0.2) is 11.6 Å². The van der Waals surface area contributed by atoms with E-state index in [9.17, 15) is 9.59 Å². The third kappa shape index (κ3) is 7.29. The van der Waals surface area contributed by atoms with Crippen molar-refractivity contribution in [1.82, 2.24) is 0 Å². The number of ketones is 2. The number of ether oxygens (including phenoxy) is 3. The number of Topliss-reactive ketones (excluding diaryl/α,β-unsaturated/α-hetero) is 2. The molecule has 0 aromatic heterocycles. The Kier molecular flexibility index (Phi) is 10.2. The maximum absolute atomic E-state index is 13.3. The highest BCUT2D eigenvalue weighted by Gasteiger charge is 2.16. The van der Waals surface area contributed by atoms with E-state index in [4.69, 9.17) is 14.2 Å². The van der Waals surface area contributed by atoms with Crippen LogP contribution in [0.15, 0.2) is 109 Å². The van der Waals surface area contributed by atoms with Crippen LogP contribution in [0.5, 0.6) is 0 Å². The van der Waals surface area contributed by atoms with Crippen molar-refractivity contribution in [3.63, 3.8) is 0 Å². The third-order valence-corrected chi connectivity index (χ3v) is 8.23. The fourth-order valence-corrected chi connectivity index (χ4v) is 6.09. The fourth-order valence-electron chi connectivity index (χ4n) is 6.09. The molecule has 5 heteroatoms. The van der Waals surface area contributed by atoms with Gasteiger partial charge in [-0.15, -0.1) is 0 Å². The second-order valence-electron chi connectivity index (χ2n) is 11.3. The number of carbonyl (C=O) groups excluding carboxylic acids is 2. The molecule has 6 aromatic rings. The molecule has 5 nitrogen and oxygen atoms in total. The van der Waals surface area contributed by atoms with E-state index >= 15 is 0 Å². The van der Waals surface area contributed by atoms with Crippen molar-refractivity contribution in [3.05, 3.63) is 120 Å². The number of hydrogen-bond acceptors (Lipinski definition) is 5. The van der Waals surface area contributed by atoms with Crippen LogP contribution in [0.1, 0.15) is 46.4 Å². The molecule has 0 saturated carbocycles. The van der Waals surface area contributed by atoms with E-state index in [1.54, 1.807) is 0 Å². The summed E-state index contributed by atoms with van der Waals surface area (Å²) in [5.41, 5.74) is 1.61. The van der Waals surface area contributed by atoms with Gasteiger partial charge in [0.2, 0.25) is 0 Å². The van der Waals surface area contributed by atoms with Crippen molar-refractivity contribution in [2.24, 2.45) is 0 Å². The number of fused-ring (bicyclic) bond motifs is 4. The van der Waals surface area contributed by atoms with Gasteiger partial charge in [0, 0.05) is 37.2 Å². The van der Waals surface area contributed by atoms with E-state index in [1.165, 1.54) is 0 Å². The van der Waals surface area contributed by atoms with Crippen molar-refractivity contribution >= 4 is 54.7 Å². The van der Waals surface area contributed by atoms with Crippen molar-refractivity contribution in [2.75, 3.05) is 39.6 Å². The Hall–Kier alpha value is -4.42. The Balaban J connectivity index is 0.857. The molecule has 0 saturated heterocycles. The molecule has 0 amide bonds. The maximum atomic E-state index is 13.3. The summed E-state index contributed by atoms with van der Waals surface area (Å²) >= 11 is 0. The second kappa shape index (κ2) is 15.0. The van der Waals surface area contributed by atoms with Gasteiger partial charge in [-0.05, 0) is 68.1 Å². The molecule has 0 aliphatic heterocycles. The van der Waals surface area contributed by atoms with E-state index in [1.807, 2.05) is 72.8 Å². The van der Waals surface area contributed by atoms with E-state index < -0.39 is 0 Å². The average molecular weight is 599 g/mol. The Morgan fingerprint density at radius 2 is 0.689 bits per heavy atom. The van der Waals surface area contributed by atoms with Crippen LogP contribution in [0.2, 0.25) is 0 Å². The van der Waals surface area contributed by atoms with Gasteiger partial charge in [-0.3, -0.25) is 9.59 Å². The molecule has 0 aliphatic carbocycles. The van der Waals surface area contributed by atoms with Crippen LogP contribution in [-0.4, -0.2) is 51.2 Å². The molecule has 45 heavy (non-hydrogen) atoms. The van der Waals surface area contributed by atoms with Crippen LogP contribution < -0.4 is 0 Å². The number of rotatable bonds is 16. The van der Waals surface area contributed by atoms with Crippen LogP contribution in [0.3, 0.4) is 0 Å². The minimum atomic E-state index is 0.146. The van der Waals surface area contributed by atoms with E-state index in [0.717, 1.165) is 54.2 Å². The Morgan fingerprint density at radius 1 is 0.400 bits per heavy atom. The van der Waals surface area contributed by atoms with Gasteiger partial charge in [0.25, 0.3) is 0 Å². The molecule has 0 N–H and O–H groups in total. The van der Waals surface area contributed by atoms with Gasteiger partial charge >= 0.3 is 0 Å². The van der Waals surface area contributed by atoms with Gasteiger partial charge in [0.1, 0.15) is 0 Å². The van der Waals surface area contributed by atoms with Crippen LogP contribution in [0, 0.1) is 0 Å². The number of hydrogen-bond donors (Lipinski definition) is 0. The third-order valence-electron chi connectivity index (χ3n) is 8.23. The summed E-state index contributed by atoms with van der Waals surface area (Å²) in [6.07, 6.45) is 2.19. The lowest BCUT2D eigenvalue weighted by atomic mass is 9.93. The highest BCUT2D eigenvalue weighted by atomic mass is 16.5. The predicted molar refractivity (Wildman–Crippen MR) is 182 cm³/mol. The standard InChI is InChI=1S/C40H38O5/c41-37(39-33-15-5-1-11-29(33)27-30-12-2-6-16-34(30)39)19-9-21-43-23-25-45-26-24-44-22-10-20-38(42)40-35-17-7-3-13-31(35)28-32-14-4-8-18-36(32)40/h1-8,11-18,27-28H,9-10,19-26H2. The second-order valence-corrected chi connectivity index (χ2v) is 11.3. The van der Waals surface area contributed by atoms with Gasteiger partial charge in [0.05, 0.1) is 26.4 Å². The minimum absolute atomic E-state index is 0.146. The van der Waals surface area contributed by atoms with Crippen LogP contribution in [0.25, 0.3) is 43.1 Å². The first kappa shape index (κ1) is 30.6. The summed E-state index contributed by atoms with van der Waals surface area (Å²) in [7, 11) is 0. The Morgan fingerprint density at radius 3 is 1.02 bits per heavy atom. The fraction of sp³-hybridized carbons (Fsp3) is 0.250. The van der Waals surface area contributed by atoms with Crippen molar-refractivity contribution in [2.45, 2.75) is 25.7 Å². The topological polar surface area (TPSA) is 61.8 Å². The number of benzene rings is 6. The van der Waals surface area contributed by atoms with Gasteiger partial charge in [-0.25, -0.2) is 0 Å². The zero-order valence-electron chi connectivity index (χ0n) is 25.5. The molecular formula is C40H38O5. The highest BCUT2D eigenvalue weighted by molar-refractivity contribution is 6.19. The van der Waals surface area contributed by atoms with E-state index in [2.05, 4.69) is 36.4 Å². The summed E-state index contributed by atoms with van der Waals surface area (Å²) in [6, 6.07) is 36.6. The SMILES string of the molecule is O=C(CCCOCCOCCOCCCC(=O)c1c2ccccc2cc2ccccc12)c1c2ccccc2cc2ccccc12. The van der Waals surface area contributed by atoms with Gasteiger partial charge in [-0.2, -0.15) is 0 Å². The zero-order chi connectivity index (χ0) is 30.8. The van der Waals surface area contributed by atoms with Crippen LogP contribution >= 0.6 is 0 Å². The van der Waals surface area contributed by atoms with Crippen molar-refractivity contribution in [1.29, 1.82) is 0 Å². The normalized spacial score (nSPS) is 11.6. The summed E-state index contributed by atoms with van der Waals surface area (Å²) in [5.74, 6) is 0.291. The van der Waals surface area contributed by atoms with Crippen LogP contribution in [0.4, 0.5) is 0 Å². The lowest BCUT2D eigenvalue weighted by Gasteiger charge is -2.11. The predicted octanol–water partition coefficient (Wildman–Crippen LogP) is 8.98. The quantitative estimate of drug-likeness (QED) is 0.0632. The largest absolute Gasteiger partial charge is 0.379 e. The molecule has 0 aliphatic rings. The molecule has 6 aromatic carbocycles. The molecule has 0 atom stereocenters. The van der Waals surface area contributed by atoms with Gasteiger partial charge in [-0.1, -0.05) is 97.1 Å². The first-order valence-electron chi connectivity index (χ1n) is 15.8. The zero-order valence-corrected chi connectivity index (χ0v) is 25.5. The summed E-state index contributed by atoms with van der Waals surface area (Å²) in [6.45, 7) is 2.90. The molecule has 228 valence electrons. The summed E-state index contributed by atoms with van der Waals surface area (Å²) in [5, 5.41) is 8.34. The average Bonchev–Trinajstić information content (AvgIpc) is 3.07. The first-order valence-corrected chi connectivity index (χ1v) is 15.8. The van der Waals surface area contributed by atoms with Crippen molar-refractivity contribution in [3.8, 4) is 0 Å². The molecular weight excluding hydrogens is 560 g/mol. The molecule has 0 heterocycles. The lowest BCUT2D eigenvalue weighted by Crippen LogP contribution is -2.11. The number of carbonyl (C=O) groups is 2. The minimum Gasteiger partial charge on any atom is -0.379 e. The molecule has 0 spiro atoms. The summed E-state index contributed by atoms with van der Waals surface area (Å²) < 4.78 is 17.1. The first-order chi connectivity index (χ1) is 22.2. The summed E-state index contributed by atoms with van der Waals surface area (Å²) in [4.78, 5) is 26.5. The monoisotopic (exact) mass is 598 g/mol. The molecule has 6 rings (SSSR count). The molecule has 0 radical (unpaired) electrons.